The fraction of sp³-hybridized carbons (Fsp3) is 0.400. The standard InChI is InChI=1S/C25H32N4O3/c1-17-10-11-20-21(12-17)27-15-19(28-20)14-26-16-23(30)22(13-18-8-6-5-7-9-18)29-24(31)32-25(2,3)4/h5-12,15,22-23,26,30H,13-14,16H2,1-4H3,(H,29,31)/t22-,23-/m0/s1. The van der Waals surface area contributed by atoms with Crippen molar-refractivity contribution in [3.05, 3.63) is 71.5 Å². The third-order valence-electron chi connectivity index (χ3n) is 4.87. The lowest BCUT2D eigenvalue weighted by atomic mass is 10.0. The van der Waals surface area contributed by atoms with Gasteiger partial charge in [0.2, 0.25) is 0 Å². The van der Waals surface area contributed by atoms with Crippen molar-refractivity contribution in [1.29, 1.82) is 0 Å². The van der Waals surface area contributed by atoms with Crippen LogP contribution in [0.15, 0.2) is 54.7 Å². The Morgan fingerprint density at radius 3 is 2.59 bits per heavy atom. The van der Waals surface area contributed by atoms with E-state index < -0.39 is 23.8 Å². The van der Waals surface area contributed by atoms with Crippen molar-refractivity contribution in [2.45, 2.75) is 58.4 Å². The molecule has 0 bridgehead atoms. The minimum atomic E-state index is -0.821. The fourth-order valence-corrected chi connectivity index (χ4v) is 3.34. The van der Waals surface area contributed by atoms with Gasteiger partial charge < -0.3 is 20.5 Å². The highest BCUT2D eigenvalue weighted by molar-refractivity contribution is 5.74. The normalized spacial score (nSPS) is 13.5. The molecule has 2 aromatic carbocycles. The van der Waals surface area contributed by atoms with Crippen LogP contribution in [0.5, 0.6) is 0 Å². The Bertz CT molecular complexity index is 1030. The molecule has 1 amide bonds. The van der Waals surface area contributed by atoms with Crippen LogP contribution in [-0.2, 0) is 17.7 Å². The molecule has 0 aliphatic carbocycles. The minimum absolute atomic E-state index is 0.279. The molecule has 0 aliphatic heterocycles. The second-order valence-corrected chi connectivity index (χ2v) is 8.99. The third kappa shape index (κ3) is 7.28. The first-order valence-corrected chi connectivity index (χ1v) is 10.8. The van der Waals surface area contributed by atoms with Gasteiger partial charge in [-0.3, -0.25) is 4.98 Å². The van der Waals surface area contributed by atoms with Gasteiger partial charge in [-0.25, -0.2) is 9.78 Å². The molecule has 1 heterocycles. The van der Waals surface area contributed by atoms with Crippen molar-refractivity contribution >= 4 is 17.1 Å². The van der Waals surface area contributed by atoms with Crippen LogP contribution in [-0.4, -0.2) is 45.5 Å². The molecule has 0 aliphatic rings. The summed E-state index contributed by atoms with van der Waals surface area (Å²) in [5, 5.41) is 16.9. The maximum absolute atomic E-state index is 12.3. The van der Waals surface area contributed by atoms with Gasteiger partial charge in [0.05, 0.1) is 35.1 Å². The highest BCUT2D eigenvalue weighted by Gasteiger charge is 2.25. The first-order valence-electron chi connectivity index (χ1n) is 10.8. The molecule has 2 atom stereocenters. The average molecular weight is 437 g/mol. The van der Waals surface area contributed by atoms with Crippen molar-refractivity contribution < 1.29 is 14.6 Å². The summed E-state index contributed by atoms with van der Waals surface area (Å²) in [6.45, 7) is 8.18. The molecule has 3 aromatic rings. The summed E-state index contributed by atoms with van der Waals surface area (Å²) in [7, 11) is 0. The van der Waals surface area contributed by atoms with E-state index in [2.05, 4.69) is 20.6 Å². The average Bonchev–Trinajstić information content (AvgIpc) is 2.72. The number of ether oxygens (including phenoxy) is 1. The number of aliphatic hydroxyl groups is 1. The van der Waals surface area contributed by atoms with E-state index in [9.17, 15) is 9.90 Å². The molecule has 1 aromatic heterocycles. The zero-order valence-corrected chi connectivity index (χ0v) is 19.1. The molecule has 0 radical (unpaired) electrons. The molecule has 0 saturated heterocycles. The van der Waals surface area contributed by atoms with Gasteiger partial charge in [-0.2, -0.15) is 0 Å². The maximum Gasteiger partial charge on any atom is 0.407 e. The topological polar surface area (TPSA) is 96.4 Å². The smallest absolute Gasteiger partial charge is 0.407 e. The lowest BCUT2D eigenvalue weighted by molar-refractivity contribution is 0.0422. The van der Waals surface area contributed by atoms with Crippen molar-refractivity contribution in [2.24, 2.45) is 0 Å². The number of carbonyl (C=O) groups is 1. The summed E-state index contributed by atoms with van der Waals surface area (Å²) in [4.78, 5) is 21.4. The van der Waals surface area contributed by atoms with Crippen LogP contribution in [0.1, 0.15) is 37.6 Å². The van der Waals surface area contributed by atoms with Gasteiger partial charge in [-0.1, -0.05) is 36.4 Å². The number of nitrogens with zero attached hydrogens (tertiary/aromatic N) is 2. The molecule has 0 fully saturated rings. The Balaban J connectivity index is 1.61. The molecule has 0 saturated carbocycles. The predicted molar refractivity (Wildman–Crippen MR) is 125 cm³/mol. The van der Waals surface area contributed by atoms with Gasteiger partial charge in [0.1, 0.15) is 5.60 Å². The van der Waals surface area contributed by atoms with Crippen molar-refractivity contribution in [3.63, 3.8) is 0 Å². The molecule has 3 rings (SSSR count). The number of aromatic nitrogens is 2. The van der Waals surface area contributed by atoms with Gasteiger partial charge in [-0.15, -0.1) is 0 Å². The molecule has 7 heteroatoms. The Hall–Kier alpha value is -3.03. The second-order valence-electron chi connectivity index (χ2n) is 8.99. The van der Waals surface area contributed by atoms with Crippen molar-refractivity contribution in [3.8, 4) is 0 Å². The number of aliphatic hydroxyl groups excluding tert-OH is 1. The molecule has 7 nitrogen and oxygen atoms in total. The minimum Gasteiger partial charge on any atom is -0.444 e. The predicted octanol–water partition coefficient (Wildman–Crippen LogP) is 3.52. The Kier molecular flexibility index (Phi) is 7.77. The van der Waals surface area contributed by atoms with Gasteiger partial charge >= 0.3 is 6.09 Å². The van der Waals surface area contributed by atoms with E-state index >= 15 is 0 Å². The zero-order valence-electron chi connectivity index (χ0n) is 19.1. The summed E-state index contributed by atoms with van der Waals surface area (Å²) < 4.78 is 5.38. The lowest BCUT2D eigenvalue weighted by Gasteiger charge is -2.27. The SMILES string of the molecule is Cc1ccc2nc(CNC[C@H](O)[C@H](Cc3ccccc3)NC(=O)OC(C)(C)C)cnc2c1. The van der Waals surface area contributed by atoms with E-state index in [1.165, 1.54) is 0 Å². The summed E-state index contributed by atoms with van der Waals surface area (Å²) >= 11 is 0. The van der Waals surface area contributed by atoms with E-state index in [4.69, 9.17) is 4.74 Å². The highest BCUT2D eigenvalue weighted by Crippen LogP contribution is 2.12. The Morgan fingerprint density at radius 1 is 1.12 bits per heavy atom. The zero-order chi connectivity index (χ0) is 23.1. The number of aryl methyl sites for hydroxylation is 1. The lowest BCUT2D eigenvalue weighted by Crippen LogP contribution is -2.49. The van der Waals surface area contributed by atoms with Gasteiger partial charge in [0, 0.05) is 13.1 Å². The molecule has 0 unspecified atom stereocenters. The number of hydrogen-bond donors (Lipinski definition) is 3. The van der Waals surface area contributed by atoms with Crippen molar-refractivity contribution in [1.82, 2.24) is 20.6 Å². The summed E-state index contributed by atoms with van der Waals surface area (Å²) in [6.07, 6.45) is 0.853. The van der Waals surface area contributed by atoms with E-state index in [1.54, 1.807) is 6.20 Å². The van der Waals surface area contributed by atoms with Crippen LogP contribution in [0.3, 0.4) is 0 Å². The van der Waals surface area contributed by atoms with E-state index in [1.807, 2.05) is 76.2 Å². The number of rotatable bonds is 8. The van der Waals surface area contributed by atoms with Gasteiger partial charge in [0.25, 0.3) is 0 Å². The number of carbonyl (C=O) groups excluding carboxylic acids is 1. The first-order chi connectivity index (χ1) is 15.2. The van der Waals surface area contributed by atoms with Crippen molar-refractivity contribution in [2.75, 3.05) is 6.54 Å². The van der Waals surface area contributed by atoms with Gasteiger partial charge in [-0.05, 0) is 57.4 Å². The molecule has 170 valence electrons. The van der Waals surface area contributed by atoms with Gasteiger partial charge in [0.15, 0.2) is 0 Å². The summed E-state index contributed by atoms with van der Waals surface area (Å²) in [6, 6.07) is 15.2. The van der Waals surface area contributed by atoms with Crippen LogP contribution in [0.25, 0.3) is 11.0 Å². The van der Waals surface area contributed by atoms with Crippen LogP contribution < -0.4 is 10.6 Å². The summed E-state index contributed by atoms with van der Waals surface area (Å²) in [5.74, 6) is 0. The molecular weight excluding hydrogens is 404 g/mol. The van der Waals surface area contributed by atoms with E-state index in [0.717, 1.165) is 27.9 Å². The van der Waals surface area contributed by atoms with E-state index in [-0.39, 0.29) is 6.54 Å². The molecule has 0 spiro atoms. The van der Waals surface area contributed by atoms with Crippen LogP contribution >= 0.6 is 0 Å². The van der Waals surface area contributed by atoms with Crippen LogP contribution in [0.2, 0.25) is 0 Å². The maximum atomic E-state index is 12.3. The quantitative estimate of drug-likeness (QED) is 0.500. The first kappa shape index (κ1) is 23.6. The van der Waals surface area contributed by atoms with E-state index in [0.29, 0.717) is 13.0 Å². The number of nitrogens with one attached hydrogen (secondary N) is 2. The number of hydrogen-bond acceptors (Lipinski definition) is 6. The van der Waals surface area contributed by atoms with Crippen LogP contribution in [0.4, 0.5) is 4.79 Å². The number of alkyl carbamates (subject to hydrolysis) is 1. The summed E-state index contributed by atoms with van der Waals surface area (Å²) in [5.41, 5.74) is 4.03. The Labute approximate surface area is 189 Å². The number of fused-ring (bicyclic) bond motifs is 1. The molecule has 32 heavy (non-hydrogen) atoms. The second kappa shape index (κ2) is 10.5. The fourth-order valence-electron chi connectivity index (χ4n) is 3.34. The number of amides is 1. The highest BCUT2D eigenvalue weighted by atomic mass is 16.6. The Morgan fingerprint density at radius 2 is 1.88 bits per heavy atom. The number of benzene rings is 2. The monoisotopic (exact) mass is 436 g/mol. The van der Waals surface area contributed by atoms with Crippen LogP contribution in [0, 0.1) is 6.92 Å². The third-order valence-corrected chi connectivity index (χ3v) is 4.87. The molecule has 3 N–H and O–H groups in total. The molecular formula is C25H32N4O3. The largest absolute Gasteiger partial charge is 0.444 e.